The second kappa shape index (κ2) is 16.8. The third-order valence-electron chi connectivity index (χ3n) is 9.05. The second-order valence-electron chi connectivity index (χ2n) is 12.8. The molecular formula is C37H46Br2N6O4. The van der Waals surface area contributed by atoms with Gasteiger partial charge in [-0.3, -0.25) is 19.2 Å². The van der Waals surface area contributed by atoms with Gasteiger partial charge in [0.1, 0.15) is 0 Å². The SMILES string of the molecule is CC(=O)Nc1ccc(Br)c2c1CCN(C(C)=O)C2.CC(=O)Nc1cccc2c1CCN(C(C)=O)C2.Cc1cc(Br)c2c(c1N)CCN(C)C2. The number of benzene rings is 3. The molecule has 0 aromatic heterocycles. The van der Waals surface area contributed by atoms with Crippen molar-refractivity contribution >= 4 is 72.6 Å². The Morgan fingerprint density at radius 2 is 1.22 bits per heavy atom. The van der Waals surface area contributed by atoms with Crippen LogP contribution in [-0.4, -0.2) is 65.0 Å². The number of aryl methyl sites for hydroxylation is 1. The molecule has 3 aliphatic heterocycles. The maximum absolute atomic E-state index is 11.4. The van der Waals surface area contributed by atoms with Crippen LogP contribution in [0, 0.1) is 6.92 Å². The summed E-state index contributed by atoms with van der Waals surface area (Å²) < 4.78 is 2.18. The lowest BCUT2D eigenvalue weighted by Gasteiger charge is -2.30. The van der Waals surface area contributed by atoms with Crippen LogP contribution in [0.25, 0.3) is 0 Å². The lowest BCUT2D eigenvalue weighted by atomic mass is 9.95. The molecule has 3 aliphatic rings. The molecule has 49 heavy (non-hydrogen) atoms. The van der Waals surface area contributed by atoms with Crippen molar-refractivity contribution in [3.05, 3.63) is 84.3 Å². The fourth-order valence-corrected chi connectivity index (χ4v) is 7.61. The first-order valence-electron chi connectivity index (χ1n) is 16.4. The molecule has 0 fully saturated rings. The number of anilines is 3. The molecule has 4 amide bonds. The van der Waals surface area contributed by atoms with E-state index in [2.05, 4.69) is 67.4 Å². The number of amides is 4. The molecule has 0 radical (unpaired) electrons. The van der Waals surface area contributed by atoms with E-state index >= 15 is 0 Å². The number of nitrogens with one attached hydrogen (secondary N) is 2. The molecule has 0 aliphatic carbocycles. The zero-order valence-corrected chi connectivity index (χ0v) is 32.3. The highest BCUT2D eigenvalue weighted by molar-refractivity contribution is 9.10. The van der Waals surface area contributed by atoms with Gasteiger partial charge in [-0.2, -0.15) is 0 Å². The highest BCUT2D eigenvalue weighted by Gasteiger charge is 2.23. The number of carbonyl (C=O) groups is 4. The molecule has 6 rings (SSSR count). The average molecular weight is 799 g/mol. The zero-order chi connectivity index (χ0) is 36.0. The lowest BCUT2D eigenvalue weighted by Crippen LogP contribution is -2.34. The number of nitrogens with two attached hydrogens (primary N) is 1. The van der Waals surface area contributed by atoms with Crippen LogP contribution in [0.3, 0.4) is 0 Å². The summed E-state index contributed by atoms with van der Waals surface area (Å²) in [6.07, 6.45) is 2.63. The van der Waals surface area contributed by atoms with Crippen molar-refractivity contribution in [3.8, 4) is 0 Å². The van der Waals surface area contributed by atoms with Crippen LogP contribution >= 0.6 is 31.9 Å². The number of likely N-dealkylation sites (N-methyl/N-ethyl adjacent to an activating group) is 1. The number of nitrogens with zero attached hydrogens (tertiary/aromatic N) is 3. The topological polar surface area (TPSA) is 128 Å². The van der Waals surface area contributed by atoms with Gasteiger partial charge in [0.05, 0.1) is 0 Å². The van der Waals surface area contributed by atoms with Crippen molar-refractivity contribution in [1.82, 2.24) is 14.7 Å². The third-order valence-corrected chi connectivity index (χ3v) is 10.5. The van der Waals surface area contributed by atoms with E-state index < -0.39 is 0 Å². The molecule has 4 N–H and O–H groups in total. The minimum atomic E-state index is -0.0754. The Labute approximate surface area is 306 Å². The van der Waals surface area contributed by atoms with Crippen molar-refractivity contribution < 1.29 is 19.2 Å². The molecule has 0 saturated carbocycles. The summed E-state index contributed by atoms with van der Waals surface area (Å²) in [6.45, 7) is 13.0. The Morgan fingerprint density at radius 1 is 0.673 bits per heavy atom. The Morgan fingerprint density at radius 3 is 1.84 bits per heavy atom. The number of nitrogen functional groups attached to an aromatic ring is 1. The van der Waals surface area contributed by atoms with E-state index in [4.69, 9.17) is 5.73 Å². The Hall–Kier alpha value is -3.74. The summed E-state index contributed by atoms with van der Waals surface area (Å²) in [5.41, 5.74) is 17.2. The molecule has 10 nitrogen and oxygen atoms in total. The van der Waals surface area contributed by atoms with Crippen molar-refractivity contribution in [3.63, 3.8) is 0 Å². The predicted molar refractivity (Wildman–Crippen MR) is 202 cm³/mol. The normalized spacial score (nSPS) is 14.9. The summed E-state index contributed by atoms with van der Waals surface area (Å²) in [7, 11) is 2.14. The maximum Gasteiger partial charge on any atom is 0.221 e. The first-order valence-corrected chi connectivity index (χ1v) is 18.0. The van der Waals surface area contributed by atoms with Gasteiger partial charge in [-0.1, -0.05) is 44.0 Å². The number of carbonyl (C=O) groups excluding carboxylic acids is 4. The first-order chi connectivity index (χ1) is 23.2. The quantitative estimate of drug-likeness (QED) is 0.266. The van der Waals surface area contributed by atoms with Gasteiger partial charge in [0.15, 0.2) is 0 Å². The molecule has 0 saturated heterocycles. The molecule has 3 aromatic carbocycles. The van der Waals surface area contributed by atoms with Crippen LogP contribution in [0.4, 0.5) is 17.1 Å². The standard InChI is InChI=1S/C13H15BrN2O2.C13H16N2O2.C11H15BrN2/c1-8(17)15-13-4-3-12(14)11-7-16(9(2)18)6-5-10(11)13;1-9(16)14-13-5-3-4-11-8-15(10(2)17)7-6-12(11)13;1-7-5-10(12)9-6-14(2)4-3-8(9)11(7)13/h3-4H,5-7H2,1-2H3,(H,15,17);3-5H,6-8H2,1-2H3,(H,14,16);5H,3-4,6,13H2,1-2H3. The summed E-state index contributed by atoms with van der Waals surface area (Å²) in [5, 5.41) is 5.68. The van der Waals surface area contributed by atoms with Gasteiger partial charge in [0, 0.05) is 93.0 Å². The monoisotopic (exact) mass is 796 g/mol. The summed E-state index contributed by atoms with van der Waals surface area (Å²) in [4.78, 5) is 51.0. The zero-order valence-electron chi connectivity index (χ0n) is 29.1. The molecule has 0 spiro atoms. The van der Waals surface area contributed by atoms with Crippen LogP contribution < -0.4 is 16.4 Å². The number of fused-ring (bicyclic) bond motifs is 3. The summed E-state index contributed by atoms with van der Waals surface area (Å²) >= 11 is 7.12. The Kier molecular flexibility index (Phi) is 13.0. The van der Waals surface area contributed by atoms with Crippen LogP contribution in [-0.2, 0) is 58.1 Å². The maximum atomic E-state index is 11.4. The molecule has 0 bridgehead atoms. The largest absolute Gasteiger partial charge is 0.398 e. The van der Waals surface area contributed by atoms with Gasteiger partial charge < -0.3 is 31.1 Å². The van der Waals surface area contributed by atoms with Gasteiger partial charge in [0.25, 0.3) is 0 Å². The van der Waals surface area contributed by atoms with Gasteiger partial charge >= 0.3 is 0 Å². The van der Waals surface area contributed by atoms with Crippen molar-refractivity contribution in [2.75, 3.05) is 43.0 Å². The second-order valence-corrected chi connectivity index (χ2v) is 14.5. The summed E-state index contributed by atoms with van der Waals surface area (Å²) in [6, 6.07) is 11.8. The Bertz CT molecular complexity index is 1760. The van der Waals surface area contributed by atoms with E-state index in [-0.39, 0.29) is 23.6 Å². The molecule has 12 heteroatoms. The van der Waals surface area contributed by atoms with Gasteiger partial charge in [-0.05, 0) is 96.4 Å². The number of halogens is 2. The fourth-order valence-electron chi connectivity index (χ4n) is 6.41. The smallest absolute Gasteiger partial charge is 0.221 e. The van der Waals surface area contributed by atoms with E-state index in [1.54, 1.807) is 13.8 Å². The van der Waals surface area contributed by atoms with Gasteiger partial charge in [0.2, 0.25) is 23.6 Å². The highest BCUT2D eigenvalue weighted by Crippen LogP contribution is 2.34. The van der Waals surface area contributed by atoms with Crippen LogP contribution in [0.2, 0.25) is 0 Å². The van der Waals surface area contributed by atoms with Gasteiger partial charge in [-0.15, -0.1) is 0 Å². The third kappa shape index (κ3) is 9.70. The van der Waals surface area contributed by atoms with Crippen molar-refractivity contribution in [2.24, 2.45) is 0 Å². The van der Waals surface area contributed by atoms with Crippen molar-refractivity contribution in [2.45, 2.75) is 73.5 Å². The van der Waals surface area contributed by atoms with E-state index in [1.165, 1.54) is 35.0 Å². The molecule has 3 heterocycles. The van der Waals surface area contributed by atoms with Crippen LogP contribution in [0.1, 0.15) is 66.6 Å². The lowest BCUT2D eigenvalue weighted by molar-refractivity contribution is -0.130. The number of hydrogen-bond donors (Lipinski definition) is 3. The molecule has 0 atom stereocenters. The fraction of sp³-hybridized carbons (Fsp3) is 0.405. The predicted octanol–water partition coefficient (Wildman–Crippen LogP) is 6.19. The minimum Gasteiger partial charge on any atom is -0.398 e. The van der Waals surface area contributed by atoms with E-state index in [0.717, 1.165) is 82.7 Å². The highest BCUT2D eigenvalue weighted by atomic mass is 79.9. The molecule has 3 aromatic rings. The minimum absolute atomic E-state index is 0.0626. The van der Waals surface area contributed by atoms with E-state index in [1.807, 2.05) is 40.1 Å². The Balaban J connectivity index is 0.000000167. The molecule has 0 unspecified atom stereocenters. The van der Waals surface area contributed by atoms with Crippen LogP contribution in [0.5, 0.6) is 0 Å². The van der Waals surface area contributed by atoms with Gasteiger partial charge in [-0.25, -0.2) is 0 Å². The average Bonchev–Trinajstić information content (AvgIpc) is 3.05. The molecular weight excluding hydrogens is 752 g/mol. The van der Waals surface area contributed by atoms with E-state index in [9.17, 15) is 19.2 Å². The van der Waals surface area contributed by atoms with Crippen molar-refractivity contribution in [1.29, 1.82) is 0 Å². The van der Waals surface area contributed by atoms with E-state index in [0.29, 0.717) is 19.6 Å². The number of rotatable bonds is 2. The number of hydrogen-bond acceptors (Lipinski definition) is 6. The molecule has 262 valence electrons. The summed E-state index contributed by atoms with van der Waals surface area (Å²) in [5.74, 6) is 0.0407. The van der Waals surface area contributed by atoms with Crippen LogP contribution in [0.15, 0.2) is 45.3 Å². The first kappa shape index (κ1) is 38.1.